The normalized spacial score (nSPS) is 23.6. The summed E-state index contributed by atoms with van der Waals surface area (Å²) in [4.78, 5) is 7.43. The highest BCUT2D eigenvalue weighted by molar-refractivity contribution is 5.15. The second-order valence-electron chi connectivity index (χ2n) is 5.63. The number of nitrogens with zero attached hydrogens (tertiary/aromatic N) is 2. The van der Waals surface area contributed by atoms with Gasteiger partial charge in [-0.15, -0.1) is 0 Å². The number of nitrogens with one attached hydrogen (secondary N) is 1. The molecule has 3 nitrogen and oxygen atoms in total. The molecule has 1 aliphatic heterocycles. The van der Waals surface area contributed by atoms with Crippen LogP contribution in [0.5, 0.6) is 0 Å². The SMILES string of the molecule is Cc1cccc([C@H](C2CCC2)N2CCNCC2)n1. The van der Waals surface area contributed by atoms with Crippen LogP contribution in [0.15, 0.2) is 18.2 Å². The average molecular weight is 245 g/mol. The molecule has 1 saturated heterocycles. The molecule has 0 aromatic carbocycles. The van der Waals surface area contributed by atoms with Crippen LogP contribution in [0.1, 0.15) is 36.7 Å². The summed E-state index contributed by atoms with van der Waals surface area (Å²) in [5.74, 6) is 0.831. The van der Waals surface area contributed by atoms with Crippen LogP contribution in [0.25, 0.3) is 0 Å². The van der Waals surface area contributed by atoms with E-state index in [0.29, 0.717) is 6.04 Å². The van der Waals surface area contributed by atoms with E-state index < -0.39 is 0 Å². The van der Waals surface area contributed by atoms with Crippen molar-refractivity contribution in [2.24, 2.45) is 5.92 Å². The lowest BCUT2D eigenvalue weighted by atomic mass is 9.77. The van der Waals surface area contributed by atoms with Crippen LogP contribution in [0.4, 0.5) is 0 Å². The molecule has 2 fully saturated rings. The molecule has 0 bridgehead atoms. The predicted molar refractivity (Wildman–Crippen MR) is 73.5 cm³/mol. The van der Waals surface area contributed by atoms with Crippen LogP contribution in [-0.2, 0) is 0 Å². The lowest BCUT2D eigenvalue weighted by Gasteiger charge is -2.42. The summed E-state index contributed by atoms with van der Waals surface area (Å²) in [6, 6.07) is 7.03. The molecule has 18 heavy (non-hydrogen) atoms. The van der Waals surface area contributed by atoms with Crippen molar-refractivity contribution < 1.29 is 0 Å². The molecule has 1 N–H and O–H groups in total. The second-order valence-corrected chi connectivity index (χ2v) is 5.63. The molecule has 1 aliphatic carbocycles. The summed E-state index contributed by atoms with van der Waals surface area (Å²) >= 11 is 0. The average Bonchev–Trinajstić information content (AvgIpc) is 2.34. The van der Waals surface area contributed by atoms with E-state index in [1.165, 1.54) is 25.0 Å². The number of aromatic nitrogens is 1. The first-order valence-electron chi connectivity index (χ1n) is 7.23. The predicted octanol–water partition coefficient (Wildman–Crippen LogP) is 2.14. The monoisotopic (exact) mass is 245 g/mol. The maximum absolute atomic E-state index is 4.79. The first-order valence-corrected chi connectivity index (χ1v) is 7.23. The van der Waals surface area contributed by atoms with Crippen LogP contribution in [0.2, 0.25) is 0 Å². The van der Waals surface area contributed by atoms with Crippen molar-refractivity contribution in [2.45, 2.75) is 32.2 Å². The molecule has 0 unspecified atom stereocenters. The lowest BCUT2D eigenvalue weighted by Crippen LogP contribution is -2.48. The number of rotatable bonds is 3. The van der Waals surface area contributed by atoms with Crippen molar-refractivity contribution in [3.63, 3.8) is 0 Å². The van der Waals surface area contributed by atoms with Crippen molar-refractivity contribution in [3.8, 4) is 0 Å². The van der Waals surface area contributed by atoms with Crippen LogP contribution >= 0.6 is 0 Å². The van der Waals surface area contributed by atoms with Gasteiger partial charge >= 0.3 is 0 Å². The van der Waals surface area contributed by atoms with Gasteiger partial charge in [-0.1, -0.05) is 12.5 Å². The smallest absolute Gasteiger partial charge is 0.0581 e. The van der Waals surface area contributed by atoms with E-state index >= 15 is 0 Å². The summed E-state index contributed by atoms with van der Waals surface area (Å²) in [6.45, 7) is 6.66. The number of pyridine rings is 1. The Bertz CT molecular complexity index is 394. The van der Waals surface area contributed by atoms with Gasteiger partial charge in [-0.3, -0.25) is 9.88 Å². The highest BCUT2D eigenvalue weighted by atomic mass is 15.2. The van der Waals surface area contributed by atoms with Crippen molar-refractivity contribution in [2.75, 3.05) is 26.2 Å². The van der Waals surface area contributed by atoms with E-state index in [2.05, 4.69) is 35.3 Å². The number of hydrogen-bond donors (Lipinski definition) is 1. The Hall–Kier alpha value is -0.930. The minimum atomic E-state index is 0.556. The van der Waals surface area contributed by atoms with Gasteiger partial charge in [0.25, 0.3) is 0 Å². The molecule has 1 aromatic rings. The molecule has 0 radical (unpaired) electrons. The molecular formula is C15H23N3. The fraction of sp³-hybridized carbons (Fsp3) is 0.667. The minimum absolute atomic E-state index is 0.556. The maximum Gasteiger partial charge on any atom is 0.0581 e. The summed E-state index contributed by atoms with van der Waals surface area (Å²) in [5.41, 5.74) is 2.44. The third kappa shape index (κ3) is 2.43. The standard InChI is InChI=1S/C15H23N3/c1-12-4-2-7-14(17-12)15(13-5-3-6-13)18-10-8-16-9-11-18/h2,4,7,13,15-16H,3,5-6,8-11H2,1H3/t15-/m0/s1. The summed E-state index contributed by atoms with van der Waals surface area (Å²) in [6.07, 6.45) is 4.16. The Morgan fingerprint density at radius 2 is 2.06 bits per heavy atom. The Morgan fingerprint density at radius 3 is 2.67 bits per heavy atom. The van der Waals surface area contributed by atoms with E-state index in [0.717, 1.165) is 37.8 Å². The zero-order chi connectivity index (χ0) is 12.4. The lowest BCUT2D eigenvalue weighted by molar-refractivity contribution is 0.0808. The second kappa shape index (κ2) is 5.37. The van der Waals surface area contributed by atoms with Crippen LogP contribution < -0.4 is 5.32 Å². The van der Waals surface area contributed by atoms with Gasteiger partial charge in [-0.25, -0.2) is 0 Å². The molecule has 0 amide bonds. The van der Waals surface area contributed by atoms with Gasteiger partial charge in [-0.2, -0.15) is 0 Å². The fourth-order valence-electron chi connectivity index (χ4n) is 3.17. The van der Waals surface area contributed by atoms with Gasteiger partial charge in [0.05, 0.1) is 11.7 Å². The van der Waals surface area contributed by atoms with E-state index in [9.17, 15) is 0 Å². The van der Waals surface area contributed by atoms with Gasteiger partial charge in [0.2, 0.25) is 0 Å². The molecule has 1 atom stereocenters. The van der Waals surface area contributed by atoms with Gasteiger partial charge < -0.3 is 5.32 Å². The zero-order valence-corrected chi connectivity index (χ0v) is 11.2. The number of piperazine rings is 1. The Labute approximate surface area is 110 Å². The van der Waals surface area contributed by atoms with Gasteiger partial charge in [0.1, 0.15) is 0 Å². The zero-order valence-electron chi connectivity index (χ0n) is 11.2. The Balaban J connectivity index is 1.84. The molecular weight excluding hydrogens is 222 g/mol. The molecule has 0 spiro atoms. The van der Waals surface area contributed by atoms with Gasteiger partial charge in [0.15, 0.2) is 0 Å². The summed E-state index contributed by atoms with van der Waals surface area (Å²) in [5, 5.41) is 3.45. The molecule has 3 rings (SSSR count). The topological polar surface area (TPSA) is 28.2 Å². The largest absolute Gasteiger partial charge is 0.314 e. The summed E-state index contributed by atoms with van der Waals surface area (Å²) in [7, 11) is 0. The van der Waals surface area contributed by atoms with Crippen LogP contribution in [0, 0.1) is 12.8 Å². The van der Waals surface area contributed by atoms with E-state index in [-0.39, 0.29) is 0 Å². The highest BCUT2D eigenvalue weighted by Gasteiger charge is 2.34. The van der Waals surface area contributed by atoms with E-state index in [1.807, 2.05) is 0 Å². The molecule has 2 heterocycles. The number of aryl methyl sites for hydroxylation is 1. The Morgan fingerprint density at radius 1 is 1.28 bits per heavy atom. The van der Waals surface area contributed by atoms with Gasteiger partial charge in [-0.05, 0) is 37.8 Å². The first-order chi connectivity index (χ1) is 8.84. The maximum atomic E-state index is 4.79. The molecule has 3 heteroatoms. The number of hydrogen-bond acceptors (Lipinski definition) is 3. The summed E-state index contributed by atoms with van der Waals surface area (Å²) < 4.78 is 0. The molecule has 1 aromatic heterocycles. The van der Waals surface area contributed by atoms with Crippen molar-refractivity contribution >= 4 is 0 Å². The minimum Gasteiger partial charge on any atom is -0.314 e. The van der Waals surface area contributed by atoms with Crippen LogP contribution in [-0.4, -0.2) is 36.1 Å². The highest BCUT2D eigenvalue weighted by Crippen LogP contribution is 2.40. The first kappa shape index (κ1) is 12.1. The van der Waals surface area contributed by atoms with E-state index in [4.69, 9.17) is 4.98 Å². The quantitative estimate of drug-likeness (QED) is 0.884. The van der Waals surface area contributed by atoms with Gasteiger partial charge in [0, 0.05) is 31.9 Å². The molecule has 2 aliphatic rings. The van der Waals surface area contributed by atoms with Crippen molar-refractivity contribution in [1.82, 2.24) is 15.2 Å². The third-order valence-corrected chi connectivity index (χ3v) is 4.35. The molecule has 98 valence electrons. The molecule has 1 saturated carbocycles. The van der Waals surface area contributed by atoms with E-state index in [1.54, 1.807) is 0 Å². The fourth-order valence-corrected chi connectivity index (χ4v) is 3.17. The van der Waals surface area contributed by atoms with Crippen molar-refractivity contribution in [1.29, 1.82) is 0 Å². The van der Waals surface area contributed by atoms with Crippen LogP contribution in [0.3, 0.4) is 0 Å². The van der Waals surface area contributed by atoms with Crippen molar-refractivity contribution in [3.05, 3.63) is 29.6 Å². The Kier molecular flexibility index (Phi) is 3.62. The third-order valence-electron chi connectivity index (χ3n) is 4.35.